The van der Waals surface area contributed by atoms with E-state index in [1.165, 1.54) is 0 Å². The van der Waals surface area contributed by atoms with E-state index in [0.717, 1.165) is 33.9 Å². The molecule has 0 saturated carbocycles. The molecule has 3 aromatic rings. The van der Waals surface area contributed by atoms with Crippen molar-refractivity contribution >= 4 is 11.9 Å². The van der Waals surface area contributed by atoms with Gasteiger partial charge in [-0.25, -0.2) is 0 Å². The molecule has 0 radical (unpaired) electrons. The van der Waals surface area contributed by atoms with Crippen LogP contribution in [0.2, 0.25) is 0 Å². The largest absolute Gasteiger partial charge is 0.497 e. The van der Waals surface area contributed by atoms with Crippen molar-refractivity contribution in [3.05, 3.63) is 82.5 Å². The number of ketones is 1. The van der Waals surface area contributed by atoms with Crippen LogP contribution in [-0.4, -0.2) is 24.5 Å². The number of aryl methyl sites for hydroxylation is 1. The summed E-state index contributed by atoms with van der Waals surface area (Å²) in [6.07, 6.45) is 3.42. The second-order valence-corrected chi connectivity index (χ2v) is 7.43. The zero-order valence-electron chi connectivity index (χ0n) is 16.8. The summed E-state index contributed by atoms with van der Waals surface area (Å²) < 4.78 is 22.7. The lowest BCUT2D eigenvalue weighted by Crippen LogP contribution is -2.31. The van der Waals surface area contributed by atoms with Gasteiger partial charge < -0.3 is 18.6 Å². The fourth-order valence-electron chi connectivity index (χ4n) is 3.85. The molecule has 0 bridgehead atoms. The minimum absolute atomic E-state index is 0.107. The van der Waals surface area contributed by atoms with Gasteiger partial charge in [0, 0.05) is 6.54 Å². The van der Waals surface area contributed by atoms with E-state index in [9.17, 15) is 4.79 Å². The van der Waals surface area contributed by atoms with Crippen molar-refractivity contribution in [2.24, 2.45) is 0 Å². The molecule has 0 atom stereocenters. The third-order valence-corrected chi connectivity index (χ3v) is 5.36. The molecule has 0 aliphatic carbocycles. The minimum atomic E-state index is -0.107. The van der Waals surface area contributed by atoms with Crippen molar-refractivity contribution in [1.29, 1.82) is 0 Å². The Morgan fingerprint density at radius 2 is 2.03 bits per heavy atom. The van der Waals surface area contributed by atoms with Crippen LogP contribution in [0, 0.1) is 6.92 Å². The van der Waals surface area contributed by atoms with E-state index >= 15 is 0 Å². The molecule has 1 aromatic heterocycles. The summed E-state index contributed by atoms with van der Waals surface area (Å²) in [4.78, 5) is 15.2. The zero-order chi connectivity index (χ0) is 20.7. The lowest BCUT2D eigenvalue weighted by atomic mass is 9.98. The van der Waals surface area contributed by atoms with Crippen LogP contribution < -0.4 is 14.2 Å². The van der Waals surface area contributed by atoms with Crippen molar-refractivity contribution in [2.75, 3.05) is 13.8 Å². The second kappa shape index (κ2) is 7.39. The van der Waals surface area contributed by atoms with Gasteiger partial charge in [-0.05, 0) is 54.5 Å². The molecule has 3 heterocycles. The Morgan fingerprint density at radius 1 is 1.20 bits per heavy atom. The summed E-state index contributed by atoms with van der Waals surface area (Å²) in [5, 5.41) is 0. The first-order valence-electron chi connectivity index (χ1n) is 9.74. The van der Waals surface area contributed by atoms with Crippen LogP contribution in [0.15, 0.2) is 58.9 Å². The van der Waals surface area contributed by atoms with Crippen LogP contribution in [0.5, 0.6) is 17.2 Å². The summed E-state index contributed by atoms with van der Waals surface area (Å²) in [7, 11) is 1.62. The monoisotopic (exact) mass is 403 g/mol. The predicted molar refractivity (Wildman–Crippen MR) is 111 cm³/mol. The Morgan fingerprint density at radius 3 is 2.77 bits per heavy atom. The molecule has 0 spiro atoms. The van der Waals surface area contributed by atoms with Gasteiger partial charge >= 0.3 is 0 Å². The first-order valence-corrected chi connectivity index (χ1v) is 9.74. The van der Waals surface area contributed by atoms with Gasteiger partial charge in [0.15, 0.2) is 5.76 Å². The van der Waals surface area contributed by atoms with Crippen LogP contribution in [0.4, 0.5) is 0 Å². The van der Waals surface area contributed by atoms with E-state index in [1.807, 2.05) is 49.4 Å². The highest BCUT2D eigenvalue weighted by atomic mass is 16.5. The van der Waals surface area contributed by atoms with Gasteiger partial charge in [-0.15, -0.1) is 0 Å². The lowest BCUT2D eigenvalue weighted by molar-refractivity contribution is 0.0809. The summed E-state index contributed by atoms with van der Waals surface area (Å²) in [6, 6.07) is 13.2. The van der Waals surface area contributed by atoms with Crippen LogP contribution in [-0.2, 0) is 13.1 Å². The average molecular weight is 403 g/mol. The highest BCUT2D eigenvalue weighted by Gasteiger charge is 2.35. The maximum Gasteiger partial charge on any atom is 0.232 e. The number of Topliss-reactive ketones (excluding diaryl/α,β-unsaturated/α-hetero) is 1. The number of ether oxygens (including phenoxy) is 3. The number of hydrogen-bond donors (Lipinski definition) is 0. The summed E-state index contributed by atoms with van der Waals surface area (Å²) >= 11 is 0. The first-order chi connectivity index (χ1) is 14.6. The van der Waals surface area contributed by atoms with Gasteiger partial charge in [0.25, 0.3) is 0 Å². The Hall–Kier alpha value is -3.51. The summed E-state index contributed by atoms with van der Waals surface area (Å²) in [5.41, 5.74) is 3.22. The molecular weight excluding hydrogens is 382 g/mol. The number of fused-ring (bicyclic) bond motifs is 3. The van der Waals surface area contributed by atoms with Gasteiger partial charge in [-0.3, -0.25) is 9.69 Å². The quantitative estimate of drug-likeness (QED) is 0.595. The summed E-state index contributed by atoms with van der Waals surface area (Å²) in [6.45, 7) is 3.60. The molecule has 0 amide bonds. The molecule has 152 valence electrons. The van der Waals surface area contributed by atoms with Crippen molar-refractivity contribution in [1.82, 2.24) is 4.90 Å². The Bertz CT molecular complexity index is 1130. The molecular formula is C24H21NO5. The fourth-order valence-corrected chi connectivity index (χ4v) is 3.85. The van der Waals surface area contributed by atoms with E-state index in [0.29, 0.717) is 36.9 Å². The van der Waals surface area contributed by atoms with Crippen molar-refractivity contribution in [3.8, 4) is 17.2 Å². The number of carbonyl (C=O) groups excluding carboxylic acids is 1. The number of nitrogens with zero attached hydrogens (tertiary/aromatic N) is 1. The van der Waals surface area contributed by atoms with E-state index in [-0.39, 0.29) is 5.78 Å². The molecule has 0 saturated heterocycles. The topological polar surface area (TPSA) is 61.1 Å². The minimum Gasteiger partial charge on any atom is -0.497 e. The van der Waals surface area contributed by atoms with E-state index in [4.69, 9.17) is 18.6 Å². The normalized spacial score (nSPS) is 16.7. The van der Waals surface area contributed by atoms with Gasteiger partial charge in [0.05, 0.1) is 31.0 Å². The summed E-state index contributed by atoms with van der Waals surface area (Å²) in [5.74, 6) is 3.19. The Kier molecular flexibility index (Phi) is 4.56. The molecule has 30 heavy (non-hydrogen) atoms. The zero-order valence-corrected chi connectivity index (χ0v) is 16.8. The lowest BCUT2D eigenvalue weighted by Gasteiger charge is -2.29. The van der Waals surface area contributed by atoms with Gasteiger partial charge in [-0.1, -0.05) is 12.1 Å². The van der Waals surface area contributed by atoms with Crippen LogP contribution in [0.1, 0.15) is 32.8 Å². The first kappa shape index (κ1) is 18.5. The second-order valence-electron chi connectivity index (χ2n) is 7.43. The van der Waals surface area contributed by atoms with Crippen LogP contribution in [0.3, 0.4) is 0 Å². The number of allylic oxidation sites excluding steroid dienone is 1. The third kappa shape index (κ3) is 3.25. The van der Waals surface area contributed by atoms with Crippen molar-refractivity contribution in [3.63, 3.8) is 0 Å². The SMILES string of the molecule is COc1ccc(/C=C2\Oc3c4c(cc(C)c3C2=O)OCN(Cc2ccco2)C4)cc1. The van der Waals surface area contributed by atoms with Crippen LogP contribution >= 0.6 is 0 Å². The van der Waals surface area contributed by atoms with Crippen molar-refractivity contribution in [2.45, 2.75) is 20.0 Å². The number of rotatable bonds is 4. The molecule has 0 unspecified atom stereocenters. The van der Waals surface area contributed by atoms with Crippen molar-refractivity contribution < 1.29 is 23.4 Å². The van der Waals surface area contributed by atoms with Gasteiger partial charge in [0.1, 0.15) is 29.7 Å². The number of carbonyl (C=O) groups is 1. The molecule has 5 rings (SSSR count). The smallest absolute Gasteiger partial charge is 0.232 e. The highest BCUT2D eigenvalue weighted by Crippen LogP contribution is 2.44. The average Bonchev–Trinajstić information content (AvgIpc) is 3.38. The van der Waals surface area contributed by atoms with E-state index in [2.05, 4.69) is 4.90 Å². The van der Waals surface area contributed by atoms with Gasteiger partial charge in [0.2, 0.25) is 5.78 Å². The van der Waals surface area contributed by atoms with Gasteiger partial charge in [-0.2, -0.15) is 0 Å². The molecule has 6 heteroatoms. The molecule has 6 nitrogen and oxygen atoms in total. The maximum atomic E-state index is 13.1. The van der Waals surface area contributed by atoms with E-state index < -0.39 is 0 Å². The number of hydrogen-bond acceptors (Lipinski definition) is 6. The number of furan rings is 1. The third-order valence-electron chi connectivity index (χ3n) is 5.36. The maximum absolute atomic E-state index is 13.1. The van der Waals surface area contributed by atoms with Crippen LogP contribution in [0.25, 0.3) is 6.08 Å². The Labute approximate surface area is 174 Å². The number of methoxy groups -OCH3 is 1. The predicted octanol–water partition coefficient (Wildman–Crippen LogP) is 4.56. The molecule has 2 aromatic carbocycles. The molecule has 2 aliphatic heterocycles. The molecule has 0 N–H and O–H groups in total. The molecule has 2 aliphatic rings. The number of benzene rings is 2. The Balaban J connectivity index is 1.46. The fraction of sp³-hybridized carbons (Fsp3) is 0.208. The standard InChI is InChI=1S/C24H21NO5/c1-15-10-20-19(13-25(14-29-20)12-18-4-3-9-28-18)24-22(15)23(26)21(30-24)11-16-5-7-17(27-2)8-6-16/h3-11H,12-14H2,1-2H3/b21-11-. The molecule has 0 fully saturated rings. The van der Waals surface area contributed by atoms with E-state index in [1.54, 1.807) is 19.4 Å². The highest BCUT2D eigenvalue weighted by molar-refractivity contribution is 6.15.